The van der Waals surface area contributed by atoms with Crippen molar-refractivity contribution in [3.05, 3.63) is 17.7 Å². The lowest BCUT2D eigenvalue weighted by Crippen LogP contribution is -1.95. The Balaban J connectivity index is 0.000001000. The van der Waals surface area contributed by atoms with Crippen LogP contribution in [0.25, 0.3) is 0 Å². The van der Waals surface area contributed by atoms with Gasteiger partial charge in [0, 0.05) is 5.69 Å². The summed E-state index contributed by atoms with van der Waals surface area (Å²) >= 11 is 0. The van der Waals surface area contributed by atoms with Gasteiger partial charge in [0.1, 0.15) is 5.75 Å². The van der Waals surface area contributed by atoms with E-state index in [1.54, 1.807) is 13.0 Å². The molecule has 0 fully saturated rings. The van der Waals surface area contributed by atoms with Gasteiger partial charge in [0.05, 0.1) is 5.69 Å². The van der Waals surface area contributed by atoms with Crippen LogP contribution in [0.15, 0.2) is 12.1 Å². The van der Waals surface area contributed by atoms with Gasteiger partial charge in [-0.15, -0.1) is 12.4 Å². The summed E-state index contributed by atoms with van der Waals surface area (Å²) < 4.78 is 0. The first-order chi connectivity index (χ1) is 4.63. The predicted molar refractivity (Wildman–Crippen MR) is 48.9 cm³/mol. The number of anilines is 2. The third-order valence-corrected chi connectivity index (χ3v) is 1.53. The number of nitrogens with two attached hydrogens (primary N) is 2. The minimum absolute atomic E-state index is 0. The summed E-state index contributed by atoms with van der Waals surface area (Å²) in [6.07, 6.45) is 0. The minimum Gasteiger partial charge on any atom is -0.506 e. The number of hydrogen-bond acceptors (Lipinski definition) is 3. The van der Waals surface area contributed by atoms with Gasteiger partial charge in [-0.3, -0.25) is 0 Å². The maximum absolute atomic E-state index is 9.04. The van der Waals surface area contributed by atoms with Crippen LogP contribution in [0.4, 0.5) is 11.4 Å². The van der Waals surface area contributed by atoms with Crippen LogP contribution in [0.5, 0.6) is 5.75 Å². The van der Waals surface area contributed by atoms with Crippen molar-refractivity contribution in [3.63, 3.8) is 0 Å². The highest BCUT2D eigenvalue weighted by Gasteiger charge is 2.01. The summed E-state index contributed by atoms with van der Waals surface area (Å²) in [5.74, 6) is 0.0895. The van der Waals surface area contributed by atoms with Gasteiger partial charge in [0.2, 0.25) is 0 Å². The zero-order valence-electron chi connectivity index (χ0n) is 6.16. The molecule has 0 saturated carbocycles. The summed E-state index contributed by atoms with van der Waals surface area (Å²) in [6, 6.07) is 3.11. The second kappa shape index (κ2) is 3.34. The standard InChI is InChI=1S/C7H10N2O.ClH/c1-4-5(8)2-3-6(10)7(4)9;/h2-3,10H,8-9H2,1H3;1H. The van der Waals surface area contributed by atoms with Gasteiger partial charge in [-0.05, 0) is 24.6 Å². The number of phenols is 1. The number of hydrogen-bond donors (Lipinski definition) is 3. The lowest BCUT2D eigenvalue weighted by Gasteiger charge is -2.04. The van der Waals surface area contributed by atoms with Crippen LogP contribution in [0, 0.1) is 6.92 Å². The van der Waals surface area contributed by atoms with Gasteiger partial charge in [-0.2, -0.15) is 0 Å². The Labute approximate surface area is 71.4 Å². The fourth-order valence-corrected chi connectivity index (χ4v) is 0.731. The summed E-state index contributed by atoms with van der Waals surface area (Å²) in [7, 11) is 0. The fraction of sp³-hybridized carbons (Fsp3) is 0.143. The van der Waals surface area contributed by atoms with Crippen molar-refractivity contribution in [2.45, 2.75) is 6.92 Å². The molecule has 0 aliphatic heterocycles. The first kappa shape index (κ1) is 9.91. The Morgan fingerprint density at radius 3 is 2.27 bits per heavy atom. The van der Waals surface area contributed by atoms with E-state index in [2.05, 4.69) is 0 Å². The molecule has 0 aliphatic rings. The quantitative estimate of drug-likeness (QED) is 0.315. The molecule has 1 aromatic rings. The molecule has 0 amide bonds. The zero-order chi connectivity index (χ0) is 7.72. The van der Waals surface area contributed by atoms with E-state index in [-0.39, 0.29) is 18.2 Å². The molecule has 0 aromatic heterocycles. The third kappa shape index (κ3) is 1.68. The summed E-state index contributed by atoms with van der Waals surface area (Å²) in [4.78, 5) is 0. The Morgan fingerprint density at radius 2 is 1.82 bits per heavy atom. The molecular weight excluding hydrogens is 164 g/mol. The van der Waals surface area contributed by atoms with E-state index >= 15 is 0 Å². The van der Waals surface area contributed by atoms with Crippen LogP contribution in [0.1, 0.15) is 5.56 Å². The predicted octanol–water partition coefficient (Wildman–Crippen LogP) is 1.29. The number of phenolic OH excluding ortho intramolecular Hbond substituents is 1. The number of aromatic hydroxyl groups is 1. The summed E-state index contributed by atoms with van der Waals surface area (Å²) in [5.41, 5.74) is 12.7. The summed E-state index contributed by atoms with van der Waals surface area (Å²) in [6.45, 7) is 1.77. The first-order valence-electron chi connectivity index (χ1n) is 2.96. The molecule has 0 unspecified atom stereocenters. The highest BCUT2D eigenvalue weighted by Crippen LogP contribution is 2.27. The third-order valence-electron chi connectivity index (χ3n) is 1.53. The van der Waals surface area contributed by atoms with Gasteiger partial charge in [0.15, 0.2) is 0 Å². The average molecular weight is 175 g/mol. The van der Waals surface area contributed by atoms with E-state index in [1.165, 1.54) is 6.07 Å². The molecule has 4 heteroatoms. The van der Waals surface area contributed by atoms with E-state index in [0.717, 1.165) is 5.56 Å². The molecule has 3 nitrogen and oxygen atoms in total. The molecule has 0 atom stereocenters. The first-order valence-corrected chi connectivity index (χ1v) is 2.96. The molecule has 0 radical (unpaired) electrons. The van der Waals surface area contributed by atoms with Crippen molar-refractivity contribution in [1.29, 1.82) is 0 Å². The maximum atomic E-state index is 9.04. The van der Waals surface area contributed by atoms with E-state index in [1.807, 2.05) is 0 Å². The van der Waals surface area contributed by atoms with Crippen LogP contribution in [0.3, 0.4) is 0 Å². The largest absolute Gasteiger partial charge is 0.506 e. The Kier molecular flexibility index (Phi) is 3.01. The van der Waals surface area contributed by atoms with Crippen molar-refractivity contribution in [2.75, 3.05) is 11.5 Å². The fourth-order valence-electron chi connectivity index (χ4n) is 0.731. The molecule has 62 valence electrons. The van der Waals surface area contributed by atoms with Crippen LogP contribution in [-0.4, -0.2) is 5.11 Å². The van der Waals surface area contributed by atoms with Crippen molar-refractivity contribution >= 4 is 23.8 Å². The smallest absolute Gasteiger partial charge is 0.138 e. The van der Waals surface area contributed by atoms with Crippen LogP contribution in [0.2, 0.25) is 0 Å². The van der Waals surface area contributed by atoms with Gasteiger partial charge in [-0.1, -0.05) is 0 Å². The van der Waals surface area contributed by atoms with E-state index in [9.17, 15) is 0 Å². The number of benzene rings is 1. The van der Waals surface area contributed by atoms with Crippen molar-refractivity contribution in [3.8, 4) is 5.75 Å². The van der Waals surface area contributed by atoms with E-state index in [4.69, 9.17) is 16.6 Å². The highest BCUT2D eigenvalue weighted by molar-refractivity contribution is 5.85. The second-order valence-electron chi connectivity index (χ2n) is 2.21. The van der Waals surface area contributed by atoms with Gasteiger partial charge in [-0.25, -0.2) is 0 Å². The summed E-state index contributed by atoms with van der Waals surface area (Å²) in [5, 5.41) is 9.04. The van der Waals surface area contributed by atoms with Gasteiger partial charge in [0.25, 0.3) is 0 Å². The van der Waals surface area contributed by atoms with Crippen molar-refractivity contribution in [2.24, 2.45) is 0 Å². The van der Waals surface area contributed by atoms with E-state index in [0.29, 0.717) is 11.4 Å². The molecular formula is C7H11ClN2O. The topological polar surface area (TPSA) is 72.3 Å². The SMILES string of the molecule is Cc1c(N)ccc(O)c1N.Cl. The lowest BCUT2D eigenvalue weighted by atomic mass is 10.1. The van der Waals surface area contributed by atoms with Crippen LogP contribution in [-0.2, 0) is 0 Å². The number of nitrogen functional groups attached to an aromatic ring is 2. The zero-order valence-corrected chi connectivity index (χ0v) is 6.98. The van der Waals surface area contributed by atoms with Crippen molar-refractivity contribution < 1.29 is 5.11 Å². The monoisotopic (exact) mass is 174 g/mol. The van der Waals surface area contributed by atoms with Gasteiger partial charge < -0.3 is 16.6 Å². The molecule has 0 heterocycles. The highest BCUT2D eigenvalue weighted by atomic mass is 35.5. The maximum Gasteiger partial charge on any atom is 0.138 e. The normalized spacial score (nSPS) is 8.82. The number of rotatable bonds is 0. The molecule has 1 aromatic carbocycles. The van der Waals surface area contributed by atoms with Crippen LogP contribution < -0.4 is 11.5 Å². The lowest BCUT2D eigenvalue weighted by molar-refractivity contribution is 0.477. The molecule has 0 bridgehead atoms. The van der Waals surface area contributed by atoms with Crippen LogP contribution >= 0.6 is 12.4 Å². The Bertz CT molecular complexity index is 236. The Morgan fingerprint density at radius 1 is 1.27 bits per heavy atom. The molecule has 5 N–H and O–H groups in total. The van der Waals surface area contributed by atoms with Gasteiger partial charge >= 0.3 is 0 Å². The minimum atomic E-state index is 0. The molecule has 0 saturated heterocycles. The van der Waals surface area contributed by atoms with Crippen molar-refractivity contribution in [1.82, 2.24) is 0 Å². The molecule has 0 aliphatic carbocycles. The van der Waals surface area contributed by atoms with E-state index < -0.39 is 0 Å². The molecule has 11 heavy (non-hydrogen) atoms. The average Bonchev–Trinajstić information content (AvgIpc) is 1.93. The molecule has 1 rings (SSSR count). The second-order valence-corrected chi connectivity index (χ2v) is 2.21. The Hall–Kier alpha value is -1.09. The molecule has 0 spiro atoms. The number of halogens is 1.